The minimum Gasteiger partial charge on any atom is -0.319 e. The number of hydrogen-bond donors (Lipinski definition) is 2. The molecule has 8 heteroatoms. The van der Waals surface area contributed by atoms with Gasteiger partial charge in [0.15, 0.2) is 0 Å². The van der Waals surface area contributed by atoms with Crippen LogP contribution >= 0.6 is 0 Å². The Morgan fingerprint density at radius 2 is 2.04 bits per heavy atom. The number of H-pyrrole nitrogens is 1. The summed E-state index contributed by atoms with van der Waals surface area (Å²) in [7, 11) is 2.14. The zero-order valence-electron chi connectivity index (χ0n) is 15.3. The van der Waals surface area contributed by atoms with Gasteiger partial charge >= 0.3 is 0 Å². The van der Waals surface area contributed by atoms with E-state index in [-0.39, 0.29) is 5.91 Å². The van der Waals surface area contributed by atoms with Crippen LogP contribution in [-0.4, -0.2) is 55.9 Å². The first-order valence-corrected chi connectivity index (χ1v) is 9.14. The minimum atomic E-state index is -0.135. The molecule has 1 saturated heterocycles. The molecule has 1 amide bonds. The van der Waals surface area contributed by atoms with E-state index < -0.39 is 0 Å². The van der Waals surface area contributed by atoms with Crippen molar-refractivity contribution in [3.8, 4) is 0 Å². The van der Waals surface area contributed by atoms with E-state index in [4.69, 9.17) is 0 Å². The van der Waals surface area contributed by atoms with Gasteiger partial charge in [-0.05, 0) is 50.7 Å². The largest absolute Gasteiger partial charge is 0.319 e. The Labute approximate surface area is 157 Å². The van der Waals surface area contributed by atoms with Crippen LogP contribution in [0.2, 0.25) is 0 Å². The van der Waals surface area contributed by atoms with Gasteiger partial charge in [0.1, 0.15) is 12.2 Å². The van der Waals surface area contributed by atoms with Crippen LogP contribution in [0.25, 0.3) is 0 Å². The number of carbonyl (C=O) groups excluding carboxylic acids is 1. The highest BCUT2D eigenvalue weighted by molar-refractivity contribution is 6.04. The summed E-state index contributed by atoms with van der Waals surface area (Å²) in [6.07, 6.45) is 7.95. The highest BCUT2D eigenvalue weighted by Crippen LogP contribution is 2.22. The molecule has 1 aliphatic heterocycles. The molecule has 1 aromatic carbocycles. The van der Waals surface area contributed by atoms with Crippen molar-refractivity contribution in [3.63, 3.8) is 0 Å². The Morgan fingerprint density at radius 3 is 2.74 bits per heavy atom. The van der Waals surface area contributed by atoms with E-state index in [1.165, 1.54) is 6.33 Å². The lowest BCUT2D eigenvalue weighted by Crippen LogP contribution is -2.31. The van der Waals surface area contributed by atoms with Gasteiger partial charge in [-0.25, -0.2) is 4.98 Å². The van der Waals surface area contributed by atoms with Crippen LogP contribution in [0, 0.1) is 0 Å². The quantitative estimate of drug-likeness (QED) is 0.722. The molecule has 27 heavy (non-hydrogen) atoms. The molecule has 2 N–H and O–H groups in total. The topological polar surface area (TPSA) is 91.7 Å². The van der Waals surface area contributed by atoms with Crippen LogP contribution in [-0.2, 0) is 6.42 Å². The van der Waals surface area contributed by atoms with Crippen molar-refractivity contribution in [1.82, 2.24) is 29.9 Å². The summed E-state index contributed by atoms with van der Waals surface area (Å²) >= 11 is 0. The summed E-state index contributed by atoms with van der Waals surface area (Å²) in [6, 6.07) is 7.91. The van der Waals surface area contributed by atoms with Crippen LogP contribution in [0.15, 0.2) is 43.0 Å². The van der Waals surface area contributed by atoms with Crippen molar-refractivity contribution >= 4 is 11.6 Å². The van der Waals surface area contributed by atoms with Crippen molar-refractivity contribution in [2.24, 2.45) is 0 Å². The number of rotatable bonds is 5. The summed E-state index contributed by atoms with van der Waals surface area (Å²) in [5, 5.41) is 14.0. The average molecular weight is 365 g/mol. The summed E-state index contributed by atoms with van der Waals surface area (Å²) in [5.74, 6) is 0.665. The normalized spacial score (nSPS) is 15.7. The Morgan fingerprint density at radius 1 is 1.26 bits per heavy atom. The van der Waals surface area contributed by atoms with Crippen molar-refractivity contribution in [2.45, 2.75) is 25.3 Å². The number of nitrogens with zero attached hydrogens (tertiary/aromatic N) is 5. The Kier molecular flexibility index (Phi) is 4.97. The SMILES string of the molecule is CN1CCC(n2cc(NC(=O)c3ccc(Cc4ncn[nH]4)cc3)cn2)CC1. The second kappa shape index (κ2) is 7.71. The van der Waals surface area contributed by atoms with Gasteiger partial charge in [0, 0.05) is 18.2 Å². The maximum Gasteiger partial charge on any atom is 0.255 e. The number of benzene rings is 1. The molecule has 0 aliphatic carbocycles. The van der Waals surface area contributed by atoms with E-state index >= 15 is 0 Å². The van der Waals surface area contributed by atoms with E-state index in [2.05, 4.69) is 37.5 Å². The van der Waals surface area contributed by atoms with Crippen molar-refractivity contribution in [1.29, 1.82) is 0 Å². The lowest BCUT2D eigenvalue weighted by Gasteiger charge is -2.28. The second-order valence-corrected chi connectivity index (χ2v) is 7.00. The highest BCUT2D eigenvalue weighted by atomic mass is 16.1. The van der Waals surface area contributed by atoms with Gasteiger partial charge in [-0.2, -0.15) is 10.2 Å². The Balaban J connectivity index is 1.36. The third-order valence-electron chi connectivity index (χ3n) is 4.97. The molecule has 0 saturated carbocycles. The monoisotopic (exact) mass is 365 g/mol. The van der Waals surface area contributed by atoms with E-state index in [1.807, 2.05) is 35.1 Å². The first-order valence-electron chi connectivity index (χ1n) is 9.14. The van der Waals surface area contributed by atoms with Gasteiger partial charge in [0.25, 0.3) is 5.91 Å². The maximum absolute atomic E-state index is 12.5. The van der Waals surface area contributed by atoms with Crippen LogP contribution in [0.4, 0.5) is 5.69 Å². The minimum absolute atomic E-state index is 0.135. The number of anilines is 1. The molecular formula is C19H23N7O. The molecule has 0 atom stereocenters. The molecule has 0 radical (unpaired) electrons. The number of carbonyl (C=O) groups is 1. The molecule has 4 rings (SSSR count). The number of aromatic amines is 1. The first-order chi connectivity index (χ1) is 13.2. The molecule has 8 nitrogen and oxygen atoms in total. The molecule has 140 valence electrons. The molecule has 2 aromatic heterocycles. The lowest BCUT2D eigenvalue weighted by molar-refractivity contribution is 0.102. The standard InChI is InChI=1S/C19H23N7O/c1-25-8-6-17(7-9-25)26-12-16(11-22-26)23-19(27)15-4-2-14(3-5-15)10-18-20-13-21-24-18/h2-5,11-13,17H,6-10H2,1H3,(H,23,27)(H,20,21,24). The second-order valence-electron chi connectivity index (χ2n) is 7.00. The van der Waals surface area contributed by atoms with Gasteiger partial charge in [-0.3, -0.25) is 14.6 Å². The molecule has 0 bridgehead atoms. The summed E-state index contributed by atoms with van der Waals surface area (Å²) in [5.41, 5.74) is 2.41. The average Bonchev–Trinajstić information content (AvgIpc) is 3.35. The molecule has 1 fully saturated rings. The number of nitrogens with one attached hydrogen (secondary N) is 2. The number of likely N-dealkylation sites (tertiary alicyclic amines) is 1. The maximum atomic E-state index is 12.5. The zero-order valence-corrected chi connectivity index (χ0v) is 15.3. The first kappa shape index (κ1) is 17.4. The molecule has 3 aromatic rings. The van der Waals surface area contributed by atoms with E-state index in [1.54, 1.807) is 6.20 Å². The number of hydrogen-bond acceptors (Lipinski definition) is 5. The fourth-order valence-electron chi connectivity index (χ4n) is 3.35. The predicted octanol–water partition coefficient (Wildman–Crippen LogP) is 2.11. The van der Waals surface area contributed by atoms with Crippen LogP contribution in [0.3, 0.4) is 0 Å². The number of amides is 1. The van der Waals surface area contributed by atoms with Gasteiger partial charge in [-0.15, -0.1) is 0 Å². The van der Waals surface area contributed by atoms with Gasteiger partial charge in [0.2, 0.25) is 0 Å². The van der Waals surface area contributed by atoms with Gasteiger partial charge in [-0.1, -0.05) is 12.1 Å². The fraction of sp³-hybridized carbons (Fsp3) is 0.368. The van der Waals surface area contributed by atoms with Crippen molar-refractivity contribution in [3.05, 3.63) is 59.9 Å². The molecule has 3 heterocycles. The summed E-state index contributed by atoms with van der Waals surface area (Å²) in [6.45, 7) is 2.15. The Bertz CT molecular complexity index is 877. The molecule has 0 spiro atoms. The number of piperidine rings is 1. The van der Waals surface area contributed by atoms with E-state index in [9.17, 15) is 4.79 Å². The number of aromatic nitrogens is 5. The predicted molar refractivity (Wildman–Crippen MR) is 102 cm³/mol. The fourth-order valence-corrected chi connectivity index (χ4v) is 3.35. The van der Waals surface area contributed by atoms with Gasteiger partial charge in [0.05, 0.1) is 17.9 Å². The summed E-state index contributed by atoms with van der Waals surface area (Å²) < 4.78 is 1.98. The van der Waals surface area contributed by atoms with Crippen molar-refractivity contribution < 1.29 is 4.79 Å². The van der Waals surface area contributed by atoms with E-state index in [0.717, 1.165) is 43.0 Å². The Hall–Kier alpha value is -3.00. The third kappa shape index (κ3) is 4.22. The van der Waals surface area contributed by atoms with Crippen LogP contribution in [0.1, 0.15) is 40.6 Å². The summed E-state index contributed by atoms with van der Waals surface area (Å²) in [4.78, 5) is 18.9. The lowest BCUT2D eigenvalue weighted by atomic mass is 10.1. The zero-order chi connectivity index (χ0) is 18.6. The van der Waals surface area contributed by atoms with Gasteiger partial charge < -0.3 is 10.2 Å². The molecule has 0 unspecified atom stereocenters. The molecule has 1 aliphatic rings. The third-order valence-corrected chi connectivity index (χ3v) is 4.97. The van der Waals surface area contributed by atoms with Crippen LogP contribution in [0.5, 0.6) is 0 Å². The molecular weight excluding hydrogens is 342 g/mol. The van der Waals surface area contributed by atoms with E-state index in [0.29, 0.717) is 18.0 Å². The smallest absolute Gasteiger partial charge is 0.255 e. The highest BCUT2D eigenvalue weighted by Gasteiger charge is 2.19. The van der Waals surface area contributed by atoms with Crippen LogP contribution < -0.4 is 5.32 Å². The van der Waals surface area contributed by atoms with Crippen molar-refractivity contribution in [2.75, 3.05) is 25.5 Å².